The monoisotopic (exact) mass is 386 g/mol. The maximum absolute atomic E-state index is 12.4. The first-order valence-electron chi connectivity index (χ1n) is 8.95. The number of aromatic nitrogens is 3. The van der Waals surface area contributed by atoms with Gasteiger partial charge in [0.1, 0.15) is 5.76 Å². The van der Waals surface area contributed by atoms with Gasteiger partial charge in [-0.2, -0.15) is 0 Å². The van der Waals surface area contributed by atoms with E-state index in [1.54, 1.807) is 0 Å². The Bertz CT molecular complexity index is 951. The number of rotatable bonds is 6. The quantitative estimate of drug-likeness (QED) is 0.633. The van der Waals surface area contributed by atoms with Crippen molar-refractivity contribution in [3.8, 4) is 0 Å². The summed E-state index contributed by atoms with van der Waals surface area (Å²) in [5.41, 5.74) is 3.94. The second-order valence-corrected chi connectivity index (χ2v) is 7.93. The highest BCUT2D eigenvalue weighted by Gasteiger charge is 2.30. The summed E-state index contributed by atoms with van der Waals surface area (Å²) < 4.78 is 10.8. The van der Waals surface area contributed by atoms with Gasteiger partial charge in [0.05, 0.1) is 41.7 Å². The molecular formula is C19H22N4O3S. The van der Waals surface area contributed by atoms with Crippen LogP contribution in [0.25, 0.3) is 11.0 Å². The number of carbonyl (C=O) groups is 1. The largest absolute Gasteiger partial charge is 0.379 e. The first kappa shape index (κ1) is 18.1. The average molecular weight is 386 g/mol. The van der Waals surface area contributed by atoms with Gasteiger partial charge in [-0.1, -0.05) is 23.0 Å². The van der Waals surface area contributed by atoms with Gasteiger partial charge in [-0.25, -0.2) is 4.98 Å². The molecule has 27 heavy (non-hydrogen) atoms. The van der Waals surface area contributed by atoms with Crippen molar-refractivity contribution in [3.63, 3.8) is 0 Å². The van der Waals surface area contributed by atoms with E-state index in [9.17, 15) is 4.79 Å². The van der Waals surface area contributed by atoms with Crippen LogP contribution in [0, 0.1) is 19.8 Å². The zero-order valence-electron chi connectivity index (χ0n) is 15.3. The molecule has 0 spiro atoms. The standard InChI is InChI=1S/C19H22N4O3S/c1-11-3-4-15-16(5-11)22-19(21-15)27-10-18(24)20-17-9-25-8-13(17)7-14-6-12(2)23-26-14/h3-6,13,17H,7-10H2,1-2H3,(H,20,24)(H,21,22)/t13-,17+/m0/s1. The van der Waals surface area contributed by atoms with Crippen LogP contribution in [0.2, 0.25) is 0 Å². The number of imidazole rings is 1. The van der Waals surface area contributed by atoms with Gasteiger partial charge in [-0.3, -0.25) is 4.79 Å². The van der Waals surface area contributed by atoms with E-state index >= 15 is 0 Å². The normalized spacial score (nSPS) is 19.6. The van der Waals surface area contributed by atoms with Gasteiger partial charge in [0.2, 0.25) is 5.91 Å². The highest BCUT2D eigenvalue weighted by atomic mass is 32.2. The molecule has 1 aromatic carbocycles. The Balaban J connectivity index is 1.31. The Morgan fingerprint density at radius 2 is 2.22 bits per heavy atom. The molecule has 1 aliphatic heterocycles. The predicted octanol–water partition coefficient (Wildman–Crippen LogP) is 2.63. The molecule has 1 fully saturated rings. The number of nitrogens with zero attached hydrogens (tertiary/aromatic N) is 2. The molecule has 2 N–H and O–H groups in total. The number of H-pyrrole nitrogens is 1. The third kappa shape index (κ3) is 4.33. The maximum Gasteiger partial charge on any atom is 0.230 e. The lowest BCUT2D eigenvalue weighted by atomic mass is 9.98. The number of ether oxygens (including phenoxy) is 1. The van der Waals surface area contributed by atoms with Gasteiger partial charge in [-0.15, -0.1) is 0 Å². The van der Waals surface area contributed by atoms with Gasteiger partial charge >= 0.3 is 0 Å². The lowest BCUT2D eigenvalue weighted by Crippen LogP contribution is -2.41. The number of aromatic amines is 1. The van der Waals surface area contributed by atoms with Crippen molar-refractivity contribution in [1.82, 2.24) is 20.4 Å². The molecule has 0 unspecified atom stereocenters. The number of nitrogens with one attached hydrogen (secondary N) is 2. The Kier molecular flexibility index (Phi) is 5.18. The number of hydrogen-bond acceptors (Lipinski definition) is 6. The van der Waals surface area contributed by atoms with Gasteiger partial charge in [-0.05, 0) is 31.5 Å². The molecule has 0 bridgehead atoms. The minimum Gasteiger partial charge on any atom is -0.379 e. The maximum atomic E-state index is 12.4. The molecule has 4 rings (SSSR count). The molecule has 2 atom stereocenters. The van der Waals surface area contributed by atoms with Crippen molar-refractivity contribution in [1.29, 1.82) is 0 Å². The zero-order valence-corrected chi connectivity index (χ0v) is 16.1. The van der Waals surface area contributed by atoms with Crippen molar-refractivity contribution in [2.45, 2.75) is 31.5 Å². The second-order valence-electron chi connectivity index (χ2n) is 6.96. The van der Waals surface area contributed by atoms with Crippen molar-refractivity contribution in [3.05, 3.63) is 41.3 Å². The summed E-state index contributed by atoms with van der Waals surface area (Å²) in [7, 11) is 0. The number of amides is 1. The number of aryl methyl sites for hydroxylation is 2. The summed E-state index contributed by atoms with van der Waals surface area (Å²) in [4.78, 5) is 20.1. The lowest BCUT2D eigenvalue weighted by molar-refractivity contribution is -0.119. The molecule has 0 saturated carbocycles. The number of benzene rings is 1. The SMILES string of the molecule is Cc1ccc2nc(SCC(=O)N[C@@H]3COC[C@@H]3Cc3cc(C)no3)[nH]c2c1. The Morgan fingerprint density at radius 3 is 3.04 bits per heavy atom. The van der Waals surface area contributed by atoms with Crippen molar-refractivity contribution < 1.29 is 14.1 Å². The predicted molar refractivity (Wildman–Crippen MR) is 103 cm³/mol. The van der Waals surface area contributed by atoms with Gasteiger partial charge in [0.25, 0.3) is 0 Å². The fraction of sp³-hybridized carbons (Fsp3) is 0.421. The van der Waals surface area contributed by atoms with Gasteiger partial charge in [0.15, 0.2) is 5.16 Å². The highest BCUT2D eigenvalue weighted by Crippen LogP contribution is 2.22. The molecule has 1 saturated heterocycles. The molecule has 7 nitrogen and oxygen atoms in total. The summed E-state index contributed by atoms with van der Waals surface area (Å²) in [6.45, 7) is 5.08. The van der Waals surface area contributed by atoms with Crippen LogP contribution in [0.3, 0.4) is 0 Å². The molecule has 1 aliphatic rings. The Hall–Kier alpha value is -2.32. The fourth-order valence-corrected chi connectivity index (χ4v) is 3.98. The van der Waals surface area contributed by atoms with E-state index in [1.807, 2.05) is 32.0 Å². The smallest absolute Gasteiger partial charge is 0.230 e. The van der Waals surface area contributed by atoms with Crippen LogP contribution in [-0.2, 0) is 16.0 Å². The van der Waals surface area contributed by atoms with Crippen LogP contribution in [0.5, 0.6) is 0 Å². The van der Waals surface area contributed by atoms with E-state index in [4.69, 9.17) is 9.26 Å². The Labute approximate surface area is 161 Å². The molecule has 0 aliphatic carbocycles. The molecule has 1 amide bonds. The van der Waals surface area contributed by atoms with Gasteiger partial charge in [0, 0.05) is 18.4 Å². The zero-order chi connectivity index (χ0) is 18.8. The molecule has 8 heteroatoms. The lowest BCUT2D eigenvalue weighted by Gasteiger charge is -2.17. The minimum absolute atomic E-state index is 0.0122. The average Bonchev–Trinajstić information content (AvgIpc) is 3.34. The minimum atomic E-state index is -0.0223. The molecule has 2 aromatic heterocycles. The summed E-state index contributed by atoms with van der Waals surface area (Å²) in [5.74, 6) is 1.31. The summed E-state index contributed by atoms with van der Waals surface area (Å²) in [6.07, 6.45) is 0.710. The van der Waals surface area contributed by atoms with E-state index < -0.39 is 0 Å². The number of thioether (sulfide) groups is 1. The van der Waals surface area contributed by atoms with E-state index in [2.05, 4.69) is 26.5 Å². The first-order valence-corrected chi connectivity index (χ1v) is 9.94. The van der Waals surface area contributed by atoms with Crippen molar-refractivity contribution in [2.24, 2.45) is 5.92 Å². The van der Waals surface area contributed by atoms with Crippen molar-refractivity contribution in [2.75, 3.05) is 19.0 Å². The van der Waals surface area contributed by atoms with Crippen LogP contribution < -0.4 is 5.32 Å². The second kappa shape index (κ2) is 7.74. The topological polar surface area (TPSA) is 93.0 Å². The Morgan fingerprint density at radius 1 is 1.33 bits per heavy atom. The molecular weight excluding hydrogens is 364 g/mol. The molecule has 3 aromatic rings. The van der Waals surface area contributed by atoms with E-state index in [0.717, 1.165) is 27.6 Å². The summed E-state index contributed by atoms with van der Waals surface area (Å²) >= 11 is 1.40. The van der Waals surface area contributed by atoms with Gasteiger partial charge < -0.3 is 19.6 Å². The highest BCUT2D eigenvalue weighted by molar-refractivity contribution is 7.99. The molecule has 3 heterocycles. The molecule has 0 radical (unpaired) electrons. The third-order valence-electron chi connectivity index (χ3n) is 4.64. The molecule has 142 valence electrons. The van der Waals surface area contributed by atoms with Crippen molar-refractivity contribution >= 4 is 28.7 Å². The van der Waals surface area contributed by atoms with Crippen LogP contribution in [0.4, 0.5) is 0 Å². The number of hydrogen-bond donors (Lipinski definition) is 2. The number of fused-ring (bicyclic) bond motifs is 1. The van der Waals surface area contributed by atoms with E-state index in [0.29, 0.717) is 25.4 Å². The fourth-order valence-electron chi connectivity index (χ4n) is 3.28. The van der Waals surface area contributed by atoms with E-state index in [1.165, 1.54) is 17.3 Å². The van der Waals surface area contributed by atoms with Crippen LogP contribution in [-0.4, -0.2) is 46.0 Å². The van der Waals surface area contributed by atoms with Crippen LogP contribution >= 0.6 is 11.8 Å². The first-order chi connectivity index (χ1) is 13.1. The van der Waals surface area contributed by atoms with Crippen LogP contribution in [0.1, 0.15) is 17.0 Å². The summed E-state index contributed by atoms with van der Waals surface area (Å²) in [6, 6.07) is 7.98. The number of carbonyl (C=O) groups excluding carboxylic acids is 1. The summed E-state index contributed by atoms with van der Waals surface area (Å²) in [5, 5.41) is 7.75. The van der Waals surface area contributed by atoms with E-state index in [-0.39, 0.29) is 17.9 Å². The third-order valence-corrected chi connectivity index (χ3v) is 5.51. The van der Waals surface area contributed by atoms with Crippen LogP contribution in [0.15, 0.2) is 33.9 Å².